The van der Waals surface area contributed by atoms with Gasteiger partial charge < -0.3 is 0 Å². The van der Waals surface area contributed by atoms with E-state index < -0.39 is 0 Å². The van der Waals surface area contributed by atoms with Crippen molar-refractivity contribution in [3.8, 4) is 0 Å². The normalized spacial score (nSPS) is 29.7. The molecule has 0 spiro atoms. The van der Waals surface area contributed by atoms with E-state index in [9.17, 15) is 0 Å². The summed E-state index contributed by atoms with van der Waals surface area (Å²) in [5, 5.41) is 3.27. The second kappa shape index (κ2) is 4.07. The number of hydrogen-bond acceptors (Lipinski definition) is 3. The van der Waals surface area contributed by atoms with Gasteiger partial charge in [-0.2, -0.15) is 0 Å². The Balaban J connectivity index is 1.95. The van der Waals surface area contributed by atoms with Crippen molar-refractivity contribution in [1.29, 1.82) is 0 Å². The monoisotopic (exact) mass is 260 g/mol. The molecule has 1 aliphatic heterocycles. The van der Waals surface area contributed by atoms with E-state index in [-0.39, 0.29) is 0 Å². The van der Waals surface area contributed by atoms with E-state index in [4.69, 9.17) is 0 Å². The predicted molar refractivity (Wildman–Crippen MR) is 59.3 cm³/mol. The van der Waals surface area contributed by atoms with Gasteiger partial charge in [-0.15, -0.1) is 11.3 Å². The Morgan fingerprint density at radius 3 is 3.15 bits per heavy atom. The zero-order valence-electron chi connectivity index (χ0n) is 7.61. The van der Waals surface area contributed by atoms with Gasteiger partial charge in [0.25, 0.3) is 0 Å². The largest absolute Gasteiger partial charge is 0.293 e. The molecule has 4 heteroatoms. The minimum atomic E-state index is 0.669. The minimum Gasteiger partial charge on any atom is -0.293 e. The molecule has 0 bridgehead atoms. The Morgan fingerprint density at radius 2 is 2.62 bits per heavy atom. The molecule has 2 nitrogen and oxygen atoms in total. The van der Waals surface area contributed by atoms with Crippen LogP contribution in [-0.4, -0.2) is 27.3 Å². The summed E-state index contributed by atoms with van der Waals surface area (Å²) in [6.45, 7) is 4.45. The van der Waals surface area contributed by atoms with Crippen LogP contribution in [0.1, 0.15) is 18.4 Å². The minimum absolute atomic E-state index is 0.669. The highest BCUT2D eigenvalue weighted by molar-refractivity contribution is 9.09. The summed E-state index contributed by atoms with van der Waals surface area (Å²) in [6.07, 6.45) is 3.14. The highest BCUT2D eigenvalue weighted by Crippen LogP contribution is 2.25. The van der Waals surface area contributed by atoms with Gasteiger partial charge in [-0.05, 0) is 13.3 Å². The van der Waals surface area contributed by atoms with Crippen LogP contribution in [0.2, 0.25) is 0 Å². The highest BCUT2D eigenvalue weighted by Gasteiger charge is 2.27. The van der Waals surface area contributed by atoms with Crippen LogP contribution in [0.25, 0.3) is 0 Å². The molecule has 0 saturated carbocycles. The lowest BCUT2D eigenvalue weighted by atomic mass is 10.2. The van der Waals surface area contributed by atoms with Crippen LogP contribution in [0.3, 0.4) is 0 Å². The van der Waals surface area contributed by atoms with Crippen LogP contribution in [0.4, 0.5) is 0 Å². The number of alkyl halides is 1. The van der Waals surface area contributed by atoms with Crippen molar-refractivity contribution < 1.29 is 0 Å². The molecule has 1 aliphatic rings. The van der Waals surface area contributed by atoms with Crippen molar-refractivity contribution in [1.82, 2.24) is 9.88 Å². The van der Waals surface area contributed by atoms with Crippen LogP contribution in [0.15, 0.2) is 11.6 Å². The molecule has 0 N–H and O–H groups in total. The molecule has 1 aromatic rings. The SMILES string of the molecule is CC1CC(Br)CN1Cc1nccs1. The lowest BCUT2D eigenvalue weighted by Gasteiger charge is -2.18. The van der Waals surface area contributed by atoms with E-state index in [1.165, 1.54) is 11.4 Å². The fourth-order valence-corrected chi connectivity index (χ4v) is 3.31. The van der Waals surface area contributed by atoms with E-state index in [0.29, 0.717) is 10.9 Å². The molecule has 72 valence electrons. The number of rotatable bonds is 2. The first-order valence-corrected chi connectivity index (χ1v) is 6.31. The molecule has 13 heavy (non-hydrogen) atoms. The molecule has 2 rings (SSSR count). The first kappa shape index (κ1) is 9.62. The van der Waals surface area contributed by atoms with Crippen LogP contribution in [-0.2, 0) is 6.54 Å². The standard InChI is InChI=1S/C9H13BrN2S/c1-7-4-8(10)5-12(7)6-9-11-2-3-13-9/h2-3,7-8H,4-6H2,1H3. The topological polar surface area (TPSA) is 16.1 Å². The number of nitrogens with zero attached hydrogens (tertiary/aromatic N) is 2. The average Bonchev–Trinajstić information content (AvgIpc) is 2.63. The first-order valence-electron chi connectivity index (χ1n) is 4.52. The fourth-order valence-electron chi connectivity index (χ4n) is 1.75. The molecule has 1 aromatic heterocycles. The van der Waals surface area contributed by atoms with Gasteiger partial charge in [-0.25, -0.2) is 4.98 Å². The van der Waals surface area contributed by atoms with Crippen LogP contribution >= 0.6 is 27.3 Å². The van der Waals surface area contributed by atoms with Gasteiger partial charge >= 0.3 is 0 Å². The van der Waals surface area contributed by atoms with Crippen molar-refractivity contribution in [2.45, 2.75) is 30.8 Å². The Morgan fingerprint density at radius 1 is 1.77 bits per heavy atom. The molecule has 1 fully saturated rings. The van der Waals surface area contributed by atoms with Gasteiger partial charge in [0.15, 0.2) is 0 Å². The first-order chi connectivity index (χ1) is 6.25. The molecule has 0 aromatic carbocycles. The maximum atomic E-state index is 4.30. The molecule has 2 heterocycles. The third kappa shape index (κ3) is 2.30. The Labute approximate surface area is 91.1 Å². The van der Waals surface area contributed by atoms with Gasteiger partial charge in [0.05, 0.1) is 6.54 Å². The van der Waals surface area contributed by atoms with E-state index in [2.05, 4.69) is 32.7 Å². The van der Waals surface area contributed by atoms with Crippen molar-refractivity contribution in [3.63, 3.8) is 0 Å². The average molecular weight is 261 g/mol. The Kier molecular flexibility index (Phi) is 3.01. The molecule has 0 radical (unpaired) electrons. The molecular weight excluding hydrogens is 248 g/mol. The summed E-state index contributed by atoms with van der Waals surface area (Å²) < 4.78 is 0. The van der Waals surface area contributed by atoms with Gasteiger partial charge in [-0.3, -0.25) is 4.90 Å². The Hall–Kier alpha value is 0.0700. The molecular formula is C9H13BrN2S. The fraction of sp³-hybridized carbons (Fsp3) is 0.667. The maximum Gasteiger partial charge on any atom is 0.107 e. The van der Waals surface area contributed by atoms with E-state index in [1.54, 1.807) is 11.3 Å². The lowest BCUT2D eigenvalue weighted by Crippen LogP contribution is -2.26. The maximum absolute atomic E-state index is 4.30. The van der Waals surface area contributed by atoms with Crippen LogP contribution in [0.5, 0.6) is 0 Å². The van der Waals surface area contributed by atoms with Crippen molar-refractivity contribution in [3.05, 3.63) is 16.6 Å². The molecule has 1 saturated heterocycles. The van der Waals surface area contributed by atoms with Crippen molar-refractivity contribution in [2.75, 3.05) is 6.54 Å². The summed E-state index contributed by atoms with van der Waals surface area (Å²) in [7, 11) is 0. The zero-order chi connectivity index (χ0) is 9.26. The number of halogens is 1. The number of thiazole rings is 1. The van der Waals surface area contributed by atoms with Gasteiger partial charge in [0, 0.05) is 29.0 Å². The smallest absolute Gasteiger partial charge is 0.107 e. The van der Waals surface area contributed by atoms with Crippen LogP contribution in [0, 0.1) is 0 Å². The Bertz CT molecular complexity index is 263. The molecule has 2 unspecified atom stereocenters. The number of aromatic nitrogens is 1. The molecule has 2 atom stereocenters. The van der Waals surface area contributed by atoms with E-state index >= 15 is 0 Å². The predicted octanol–water partition coefficient (Wildman–Crippen LogP) is 2.50. The summed E-state index contributed by atoms with van der Waals surface area (Å²) in [6, 6.07) is 0.688. The van der Waals surface area contributed by atoms with Gasteiger partial charge in [0.2, 0.25) is 0 Å². The third-order valence-corrected chi connectivity index (χ3v) is 3.90. The quantitative estimate of drug-likeness (QED) is 0.760. The molecule has 0 aliphatic carbocycles. The van der Waals surface area contributed by atoms with Crippen molar-refractivity contribution in [2.24, 2.45) is 0 Å². The highest BCUT2D eigenvalue weighted by atomic mass is 79.9. The van der Waals surface area contributed by atoms with Crippen molar-refractivity contribution >= 4 is 27.3 Å². The zero-order valence-corrected chi connectivity index (χ0v) is 10.0. The second-order valence-corrected chi connectivity index (χ2v) is 5.81. The molecule has 0 amide bonds. The van der Waals surface area contributed by atoms with Gasteiger partial charge in [-0.1, -0.05) is 15.9 Å². The van der Waals surface area contributed by atoms with Gasteiger partial charge in [0.1, 0.15) is 5.01 Å². The number of likely N-dealkylation sites (tertiary alicyclic amines) is 1. The summed E-state index contributed by atoms with van der Waals surface area (Å²) in [5.74, 6) is 0. The third-order valence-electron chi connectivity index (χ3n) is 2.47. The second-order valence-electron chi connectivity index (χ2n) is 3.54. The number of hydrogen-bond donors (Lipinski definition) is 0. The summed E-state index contributed by atoms with van der Waals surface area (Å²) in [5.41, 5.74) is 0. The van der Waals surface area contributed by atoms with E-state index in [1.807, 2.05) is 11.6 Å². The van der Waals surface area contributed by atoms with E-state index in [0.717, 1.165) is 13.1 Å². The van der Waals surface area contributed by atoms with Crippen LogP contribution < -0.4 is 0 Å². The summed E-state index contributed by atoms with van der Waals surface area (Å²) >= 11 is 5.41. The summed E-state index contributed by atoms with van der Waals surface area (Å²) in [4.78, 5) is 7.45. The lowest BCUT2D eigenvalue weighted by molar-refractivity contribution is 0.260.